The summed E-state index contributed by atoms with van der Waals surface area (Å²) in [6.07, 6.45) is 36.8. The summed E-state index contributed by atoms with van der Waals surface area (Å²) in [7, 11) is 0. The first kappa shape index (κ1) is 60.5. The Morgan fingerprint density at radius 1 is 0.403 bits per heavy atom. The van der Waals surface area contributed by atoms with E-state index in [2.05, 4.69) is 32.6 Å². The van der Waals surface area contributed by atoms with E-state index in [9.17, 15) is 9.59 Å². The van der Waals surface area contributed by atoms with Crippen LogP contribution in [0.1, 0.15) is 240 Å². The molecule has 1 N–H and O–H groups in total. The van der Waals surface area contributed by atoms with Crippen LogP contribution in [0.2, 0.25) is 0 Å². The zero-order valence-corrected chi connectivity index (χ0v) is 41.4. The van der Waals surface area contributed by atoms with Crippen LogP contribution in [0.5, 0.6) is 0 Å². The quantitative estimate of drug-likeness (QED) is 0.0468. The molecule has 0 aliphatic rings. The van der Waals surface area contributed by atoms with Crippen LogP contribution in [0.15, 0.2) is 0 Å². The molecule has 0 spiro atoms. The Hall–Kier alpha value is -1.46. The minimum Gasteiger partial charge on any atom is -0.462 e. The first-order chi connectivity index (χ1) is 30.5. The van der Waals surface area contributed by atoms with Crippen molar-refractivity contribution in [3.8, 4) is 0 Å². The molecule has 0 saturated carbocycles. The third kappa shape index (κ3) is 45.1. The highest BCUT2D eigenvalue weighted by atomic mass is 16.7. The smallest absolute Gasteiger partial charge is 0.462 e. The molecule has 0 saturated heterocycles. The Balaban J connectivity index is 4.63. The molecule has 0 heterocycles. The molecule has 0 aliphatic carbocycles. The van der Waals surface area contributed by atoms with Crippen LogP contribution in [0.3, 0.4) is 0 Å². The van der Waals surface area contributed by atoms with Gasteiger partial charge < -0.3 is 38.4 Å². The lowest BCUT2D eigenvalue weighted by molar-refractivity contribution is -0.150. The SMILES string of the molecule is CCCCCCCCC(CCCCCC)OC(=O)CCCCCCN(CCCCCCOC(=O)OC(CCCCCC)CCCCCCCC)CCOCCOCCOCCO. The van der Waals surface area contributed by atoms with E-state index in [0.717, 1.165) is 122 Å². The maximum atomic E-state index is 12.8. The number of hydrogen-bond acceptors (Lipinski definition) is 10. The Labute approximate surface area is 383 Å². The molecule has 2 unspecified atom stereocenters. The molecule has 0 amide bonds. The van der Waals surface area contributed by atoms with Gasteiger partial charge in [-0.25, -0.2) is 4.79 Å². The molecule has 62 heavy (non-hydrogen) atoms. The first-order valence-corrected chi connectivity index (χ1v) is 26.6. The van der Waals surface area contributed by atoms with Crippen LogP contribution < -0.4 is 0 Å². The third-order valence-corrected chi connectivity index (χ3v) is 11.8. The van der Waals surface area contributed by atoms with E-state index in [1.807, 2.05) is 0 Å². The van der Waals surface area contributed by atoms with E-state index in [1.165, 1.54) is 103 Å². The molecular weight excluding hydrogens is 783 g/mol. The number of unbranched alkanes of at least 4 members (excludes halogenated alkanes) is 22. The second-order valence-corrected chi connectivity index (χ2v) is 17.7. The molecule has 370 valence electrons. The number of esters is 1. The minimum atomic E-state index is -0.495. The van der Waals surface area contributed by atoms with Crippen molar-refractivity contribution in [2.75, 3.05) is 72.5 Å². The molecule has 0 rings (SSSR count). The molecule has 0 aromatic rings. The Kier molecular flexibility index (Phi) is 49.3. The maximum Gasteiger partial charge on any atom is 0.508 e. The number of aliphatic hydroxyl groups is 1. The van der Waals surface area contributed by atoms with Gasteiger partial charge in [0, 0.05) is 13.0 Å². The Bertz CT molecular complexity index is 909. The van der Waals surface area contributed by atoms with Crippen molar-refractivity contribution in [1.82, 2.24) is 4.90 Å². The summed E-state index contributed by atoms with van der Waals surface area (Å²) in [5, 5.41) is 8.82. The first-order valence-electron chi connectivity index (χ1n) is 26.6. The number of carbonyl (C=O) groups excluding carboxylic acids is 2. The standard InChI is InChI=1S/C52H103NO9/c1-5-9-13-17-19-27-34-49(33-25-15-11-7-3)61-51(55)37-29-21-22-30-38-53(40-43-57-45-47-59-48-46-58-44-41-54)39-31-23-24-32-42-60-52(56)62-50(35-26-16-12-8-4)36-28-20-18-14-10-6-2/h49-50,54H,5-48H2,1-4H3. The molecule has 2 atom stereocenters. The number of nitrogens with zero attached hydrogens (tertiary/aromatic N) is 1. The van der Waals surface area contributed by atoms with Crippen molar-refractivity contribution in [2.24, 2.45) is 0 Å². The number of aliphatic hydroxyl groups excluding tert-OH is 1. The van der Waals surface area contributed by atoms with Gasteiger partial charge in [0.05, 0.1) is 52.9 Å². The van der Waals surface area contributed by atoms with Crippen molar-refractivity contribution in [3.63, 3.8) is 0 Å². The van der Waals surface area contributed by atoms with Gasteiger partial charge in [-0.15, -0.1) is 0 Å². The Morgan fingerprint density at radius 3 is 1.29 bits per heavy atom. The maximum absolute atomic E-state index is 12.8. The predicted octanol–water partition coefficient (Wildman–Crippen LogP) is 13.7. The van der Waals surface area contributed by atoms with Crippen molar-refractivity contribution in [2.45, 2.75) is 252 Å². The van der Waals surface area contributed by atoms with Gasteiger partial charge in [-0.2, -0.15) is 0 Å². The molecular formula is C52H103NO9. The van der Waals surface area contributed by atoms with Crippen LogP contribution in [-0.2, 0) is 33.2 Å². The second-order valence-electron chi connectivity index (χ2n) is 17.7. The van der Waals surface area contributed by atoms with E-state index in [0.29, 0.717) is 52.7 Å². The van der Waals surface area contributed by atoms with Crippen molar-refractivity contribution in [3.05, 3.63) is 0 Å². The molecule has 0 bridgehead atoms. The number of carbonyl (C=O) groups is 2. The van der Waals surface area contributed by atoms with Gasteiger partial charge >= 0.3 is 12.1 Å². The highest BCUT2D eigenvalue weighted by Gasteiger charge is 2.16. The lowest BCUT2D eigenvalue weighted by Crippen LogP contribution is -2.30. The molecule has 0 fully saturated rings. The van der Waals surface area contributed by atoms with Crippen LogP contribution >= 0.6 is 0 Å². The summed E-state index contributed by atoms with van der Waals surface area (Å²) in [5.41, 5.74) is 0. The van der Waals surface area contributed by atoms with Crippen LogP contribution in [0, 0.1) is 0 Å². The zero-order chi connectivity index (χ0) is 45.2. The van der Waals surface area contributed by atoms with Gasteiger partial charge in [0.15, 0.2) is 0 Å². The van der Waals surface area contributed by atoms with Crippen LogP contribution in [0.4, 0.5) is 4.79 Å². The minimum absolute atomic E-state index is 0.00953. The average molecular weight is 886 g/mol. The topological polar surface area (TPSA) is 113 Å². The van der Waals surface area contributed by atoms with Gasteiger partial charge in [-0.05, 0) is 90.1 Å². The third-order valence-electron chi connectivity index (χ3n) is 11.8. The largest absolute Gasteiger partial charge is 0.508 e. The zero-order valence-electron chi connectivity index (χ0n) is 41.4. The number of rotatable bonds is 51. The average Bonchev–Trinajstić information content (AvgIpc) is 3.27. The normalized spacial score (nSPS) is 12.5. The molecule has 0 radical (unpaired) electrons. The molecule has 10 nitrogen and oxygen atoms in total. The monoisotopic (exact) mass is 886 g/mol. The molecule has 0 aromatic heterocycles. The van der Waals surface area contributed by atoms with Crippen molar-refractivity contribution in [1.29, 1.82) is 0 Å². The highest BCUT2D eigenvalue weighted by Crippen LogP contribution is 2.19. The van der Waals surface area contributed by atoms with Crippen molar-refractivity contribution < 1.29 is 43.1 Å². The lowest BCUT2D eigenvalue weighted by atomic mass is 10.0. The van der Waals surface area contributed by atoms with Gasteiger partial charge in [-0.1, -0.05) is 156 Å². The van der Waals surface area contributed by atoms with Gasteiger partial charge in [0.2, 0.25) is 0 Å². The summed E-state index contributed by atoms with van der Waals surface area (Å²) in [6.45, 7) is 15.3. The lowest BCUT2D eigenvalue weighted by Gasteiger charge is -2.22. The van der Waals surface area contributed by atoms with E-state index in [4.69, 9.17) is 33.5 Å². The van der Waals surface area contributed by atoms with E-state index in [1.54, 1.807) is 0 Å². The van der Waals surface area contributed by atoms with Gasteiger partial charge in [0.1, 0.15) is 12.2 Å². The summed E-state index contributed by atoms with van der Waals surface area (Å²) < 4.78 is 34.1. The fourth-order valence-corrected chi connectivity index (χ4v) is 7.88. The fourth-order valence-electron chi connectivity index (χ4n) is 7.88. The number of ether oxygens (including phenoxy) is 6. The van der Waals surface area contributed by atoms with Crippen LogP contribution in [-0.4, -0.2) is 107 Å². The van der Waals surface area contributed by atoms with Crippen LogP contribution in [0.25, 0.3) is 0 Å². The van der Waals surface area contributed by atoms with E-state index >= 15 is 0 Å². The molecule has 10 heteroatoms. The van der Waals surface area contributed by atoms with Crippen molar-refractivity contribution >= 4 is 12.1 Å². The Morgan fingerprint density at radius 2 is 0.790 bits per heavy atom. The van der Waals surface area contributed by atoms with Gasteiger partial charge in [0.25, 0.3) is 0 Å². The highest BCUT2D eigenvalue weighted by molar-refractivity contribution is 5.69. The summed E-state index contributed by atoms with van der Waals surface area (Å²) >= 11 is 0. The molecule has 0 aromatic carbocycles. The van der Waals surface area contributed by atoms with Gasteiger partial charge in [-0.3, -0.25) is 4.79 Å². The molecule has 0 aliphatic heterocycles. The summed E-state index contributed by atoms with van der Waals surface area (Å²) in [5.74, 6) is -0.00953. The fraction of sp³-hybridized carbons (Fsp3) is 0.962. The summed E-state index contributed by atoms with van der Waals surface area (Å²) in [6, 6.07) is 0. The number of hydrogen-bond donors (Lipinski definition) is 1. The summed E-state index contributed by atoms with van der Waals surface area (Å²) in [4.78, 5) is 27.9. The predicted molar refractivity (Wildman–Crippen MR) is 257 cm³/mol. The second kappa shape index (κ2) is 50.5. The van der Waals surface area contributed by atoms with E-state index < -0.39 is 6.16 Å². The van der Waals surface area contributed by atoms with E-state index in [-0.39, 0.29) is 24.8 Å².